The zero-order valence-corrected chi connectivity index (χ0v) is 7.89. The maximum atomic E-state index is 8.91. The monoisotopic (exact) mass is 185 g/mol. The van der Waals surface area contributed by atoms with Gasteiger partial charge in [0.05, 0.1) is 0 Å². The second-order valence-electron chi connectivity index (χ2n) is 3.57. The van der Waals surface area contributed by atoms with Crippen LogP contribution in [0, 0.1) is 5.92 Å². The van der Waals surface area contributed by atoms with Crippen molar-refractivity contribution in [3.8, 4) is 0 Å². The van der Waals surface area contributed by atoms with Gasteiger partial charge in [-0.1, -0.05) is 12.2 Å². The van der Waals surface area contributed by atoms with Crippen molar-refractivity contribution >= 4 is 11.8 Å². The van der Waals surface area contributed by atoms with Gasteiger partial charge in [-0.15, -0.1) is 0 Å². The number of aliphatic hydroxyl groups excluding tert-OH is 1. The Morgan fingerprint density at radius 3 is 2.75 bits per heavy atom. The van der Waals surface area contributed by atoms with Crippen molar-refractivity contribution in [2.45, 2.75) is 18.5 Å². The smallest absolute Gasteiger partial charge is 0.0494 e. The highest BCUT2D eigenvalue weighted by molar-refractivity contribution is 8.00. The lowest BCUT2D eigenvalue weighted by molar-refractivity contribution is 0.245. The third-order valence-corrected chi connectivity index (χ3v) is 3.77. The van der Waals surface area contributed by atoms with E-state index in [2.05, 4.69) is 17.5 Å². The predicted octanol–water partition coefficient (Wildman–Crippen LogP) is 0.628. The SMILES string of the molecule is OC[C@H]1C=C[C@@H](NC2CSC2)C1. The molecule has 1 fully saturated rings. The summed E-state index contributed by atoms with van der Waals surface area (Å²) in [5.41, 5.74) is 0. The Kier molecular flexibility index (Phi) is 2.73. The van der Waals surface area contributed by atoms with Crippen molar-refractivity contribution in [3.63, 3.8) is 0 Å². The molecule has 1 aliphatic heterocycles. The molecule has 1 aliphatic carbocycles. The fourth-order valence-electron chi connectivity index (χ4n) is 1.67. The molecule has 0 spiro atoms. The van der Waals surface area contributed by atoms with E-state index in [1.165, 1.54) is 11.5 Å². The highest BCUT2D eigenvalue weighted by Crippen LogP contribution is 2.22. The van der Waals surface area contributed by atoms with Crippen molar-refractivity contribution in [1.29, 1.82) is 0 Å². The van der Waals surface area contributed by atoms with Crippen LogP contribution in [0.1, 0.15) is 6.42 Å². The molecule has 0 unspecified atom stereocenters. The number of hydrogen-bond acceptors (Lipinski definition) is 3. The summed E-state index contributed by atoms with van der Waals surface area (Å²) in [6.07, 6.45) is 5.41. The third-order valence-electron chi connectivity index (χ3n) is 2.49. The Hall–Kier alpha value is 0.01000. The standard InChI is InChI=1S/C9H15NOS/c11-4-7-1-2-8(3-7)10-9-5-12-6-9/h1-2,7-11H,3-6H2/t7-,8+/m0/s1. The number of aliphatic hydroxyl groups is 1. The summed E-state index contributed by atoms with van der Waals surface area (Å²) in [7, 11) is 0. The molecule has 2 aliphatic rings. The van der Waals surface area contributed by atoms with E-state index in [9.17, 15) is 0 Å². The largest absolute Gasteiger partial charge is 0.396 e. The van der Waals surface area contributed by atoms with Crippen LogP contribution in [-0.4, -0.2) is 35.3 Å². The molecule has 2 N–H and O–H groups in total. The molecule has 2 atom stereocenters. The van der Waals surface area contributed by atoms with Gasteiger partial charge in [-0.05, 0) is 6.42 Å². The van der Waals surface area contributed by atoms with Crippen molar-refractivity contribution in [1.82, 2.24) is 5.32 Å². The second-order valence-corrected chi connectivity index (χ2v) is 4.65. The Balaban J connectivity index is 1.73. The highest BCUT2D eigenvalue weighted by Gasteiger charge is 2.24. The molecule has 12 heavy (non-hydrogen) atoms. The van der Waals surface area contributed by atoms with E-state index in [1.807, 2.05) is 11.8 Å². The summed E-state index contributed by atoms with van der Waals surface area (Å²) in [4.78, 5) is 0. The second kappa shape index (κ2) is 3.81. The quantitative estimate of drug-likeness (QED) is 0.633. The first-order valence-corrected chi connectivity index (χ1v) is 5.67. The van der Waals surface area contributed by atoms with E-state index in [4.69, 9.17) is 5.11 Å². The van der Waals surface area contributed by atoms with E-state index < -0.39 is 0 Å². The van der Waals surface area contributed by atoms with E-state index >= 15 is 0 Å². The zero-order chi connectivity index (χ0) is 8.39. The van der Waals surface area contributed by atoms with Gasteiger partial charge in [0, 0.05) is 36.1 Å². The summed E-state index contributed by atoms with van der Waals surface area (Å²) in [5.74, 6) is 2.91. The Bertz CT molecular complexity index is 179. The van der Waals surface area contributed by atoms with Crippen LogP contribution in [0.2, 0.25) is 0 Å². The molecule has 0 aromatic heterocycles. The first kappa shape index (κ1) is 8.60. The average Bonchev–Trinajstić information content (AvgIpc) is 2.44. The molecule has 0 aromatic rings. The van der Waals surface area contributed by atoms with Crippen LogP contribution in [-0.2, 0) is 0 Å². The van der Waals surface area contributed by atoms with Gasteiger partial charge in [0.25, 0.3) is 0 Å². The molecule has 0 bridgehead atoms. The first-order chi connectivity index (χ1) is 5.88. The van der Waals surface area contributed by atoms with Crippen molar-refractivity contribution in [2.75, 3.05) is 18.1 Å². The molecule has 68 valence electrons. The van der Waals surface area contributed by atoms with E-state index in [-0.39, 0.29) is 0 Å². The highest BCUT2D eigenvalue weighted by atomic mass is 32.2. The van der Waals surface area contributed by atoms with Crippen LogP contribution in [0.25, 0.3) is 0 Å². The number of nitrogens with one attached hydrogen (secondary N) is 1. The first-order valence-electron chi connectivity index (χ1n) is 4.51. The van der Waals surface area contributed by atoms with Gasteiger partial charge in [-0.25, -0.2) is 0 Å². The van der Waals surface area contributed by atoms with Crippen LogP contribution < -0.4 is 5.32 Å². The molecule has 1 saturated heterocycles. The summed E-state index contributed by atoms with van der Waals surface area (Å²) in [5, 5.41) is 12.5. The van der Waals surface area contributed by atoms with E-state index in [0.29, 0.717) is 18.6 Å². The predicted molar refractivity (Wildman–Crippen MR) is 52.4 cm³/mol. The molecular weight excluding hydrogens is 170 g/mol. The molecule has 0 aromatic carbocycles. The topological polar surface area (TPSA) is 32.3 Å². The van der Waals surface area contributed by atoms with Crippen molar-refractivity contribution in [3.05, 3.63) is 12.2 Å². The Labute approximate surface area is 77.4 Å². The fraction of sp³-hybridized carbons (Fsp3) is 0.778. The summed E-state index contributed by atoms with van der Waals surface area (Å²) >= 11 is 2.00. The third kappa shape index (κ3) is 1.84. The minimum absolute atomic E-state index is 0.300. The summed E-state index contributed by atoms with van der Waals surface area (Å²) in [6.45, 7) is 0.300. The summed E-state index contributed by atoms with van der Waals surface area (Å²) in [6, 6.07) is 1.25. The lowest BCUT2D eigenvalue weighted by atomic mass is 10.1. The Morgan fingerprint density at radius 2 is 2.25 bits per heavy atom. The maximum absolute atomic E-state index is 8.91. The number of thioether (sulfide) groups is 1. The minimum Gasteiger partial charge on any atom is -0.396 e. The molecule has 0 amide bonds. The molecule has 2 nitrogen and oxygen atoms in total. The number of rotatable bonds is 3. The zero-order valence-electron chi connectivity index (χ0n) is 7.07. The van der Waals surface area contributed by atoms with Gasteiger partial charge in [0.15, 0.2) is 0 Å². The van der Waals surface area contributed by atoms with Crippen LogP contribution in [0.3, 0.4) is 0 Å². The van der Waals surface area contributed by atoms with Crippen molar-refractivity contribution < 1.29 is 5.11 Å². The van der Waals surface area contributed by atoms with Crippen LogP contribution in [0.15, 0.2) is 12.2 Å². The van der Waals surface area contributed by atoms with E-state index in [0.717, 1.165) is 12.5 Å². The fourth-order valence-corrected chi connectivity index (χ4v) is 2.33. The Morgan fingerprint density at radius 1 is 1.42 bits per heavy atom. The molecule has 0 saturated carbocycles. The van der Waals surface area contributed by atoms with Gasteiger partial charge in [0.2, 0.25) is 0 Å². The maximum Gasteiger partial charge on any atom is 0.0494 e. The minimum atomic E-state index is 0.300. The molecule has 3 heteroatoms. The molecular formula is C9H15NOS. The van der Waals surface area contributed by atoms with Gasteiger partial charge in [-0.2, -0.15) is 11.8 Å². The van der Waals surface area contributed by atoms with Crippen molar-refractivity contribution in [2.24, 2.45) is 5.92 Å². The van der Waals surface area contributed by atoms with Crippen LogP contribution >= 0.6 is 11.8 Å². The van der Waals surface area contributed by atoms with Gasteiger partial charge >= 0.3 is 0 Å². The van der Waals surface area contributed by atoms with Crippen LogP contribution in [0.4, 0.5) is 0 Å². The average molecular weight is 185 g/mol. The molecule has 2 rings (SSSR count). The lowest BCUT2D eigenvalue weighted by Crippen LogP contribution is -2.45. The van der Waals surface area contributed by atoms with Gasteiger partial charge in [0.1, 0.15) is 0 Å². The lowest BCUT2D eigenvalue weighted by Gasteiger charge is -2.29. The molecule has 1 heterocycles. The van der Waals surface area contributed by atoms with Crippen LogP contribution in [0.5, 0.6) is 0 Å². The van der Waals surface area contributed by atoms with Gasteiger partial charge in [-0.3, -0.25) is 0 Å². The van der Waals surface area contributed by atoms with Gasteiger partial charge < -0.3 is 10.4 Å². The molecule has 0 radical (unpaired) electrons. The normalized spacial score (nSPS) is 35.4. The number of hydrogen-bond donors (Lipinski definition) is 2. The van der Waals surface area contributed by atoms with E-state index in [1.54, 1.807) is 0 Å². The summed E-state index contributed by atoms with van der Waals surface area (Å²) < 4.78 is 0.